The minimum atomic E-state index is -0.615. The fraction of sp³-hybridized carbons (Fsp3) is 0.393. The predicted octanol–water partition coefficient (Wildman–Crippen LogP) is 5.46. The Labute approximate surface area is 201 Å². The molecule has 0 bridgehead atoms. The zero-order valence-corrected chi connectivity index (χ0v) is 19.5. The smallest absolute Gasteiger partial charge is 0.235 e. The summed E-state index contributed by atoms with van der Waals surface area (Å²) < 4.78 is 5.63. The van der Waals surface area contributed by atoms with Crippen LogP contribution in [0.15, 0.2) is 60.9 Å². The van der Waals surface area contributed by atoms with Gasteiger partial charge in [-0.3, -0.25) is 4.79 Å². The third-order valence-corrected chi connectivity index (χ3v) is 7.47. The summed E-state index contributed by atoms with van der Waals surface area (Å²) in [5.74, 6) is 0.945. The maximum absolute atomic E-state index is 13.7. The van der Waals surface area contributed by atoms with Crippen molar-refractivity contribution in [2.75, 3.05) is 24.3 Å². The molecule has 0 atom stereocenters. The molecule has 2 fully saturated rings. The second kappa shape index (κ2) is 9.94. The lowest BCUT2D eigenvalue weighted by atomic mass is 9.73. The fourth-order valence-corrected chi connectivity index (χ4v) is 5.36. The molecule has 176 valence electrons. The van der Waals surface area contributed by atoms with E-state index in [2.05, 4.69) is 39.6 Å². The number of nitrogen functional groups attached to an aromatic ring is 1. The van der Waals surface area contributed by atoms with E-state index in [1.807, 2.05) is 24.3 Å². The van der Waals surface area contributed by atoms with Gasteiger partial charge in [0.2, 0.25) is 11.9 Å². The number of amides is 1. The number of nitrogens with two attached hydrogens (primary N) is 1. The molecule has 1 aliphatic carbocycles. The fourth-order valence-electron chi connectivity index (χ4n) is 5.36. The van der Waals surface area contributed by atoms with Crippen molar-refractivity contribution in [2.24, 2.45) is 0 Å². The number of aromatic nitrogens is 2. The highest BCUT2D eigenvalue weighted by molar-refractivity contribution is 5.99. The molecule has 3 aromatic rings. The molecule has 1 saturated carbocycles. The maximum Gasteiger partial charge on any atom is 0.235 e. The van der Waals surface area contributed by atoms with E-state index in [0.717, 1.165) is 22.4 Å². The molecule has 2 aliphatic rings. The second-order valence-corrected chi connectivity index (χ2v) is 9.51. The van der Waals surface area contributed by atoms with Crippen molar-refractivity contribution in [3.8, 4) is 11.1 Å². The average Bonchev–Trinajstić information content (AvgIpc) is 2.90. The third-order valence-electron chi connectivity index (χ3n) is 7.47. The molecule has 34 heavy (non-hydrogen) atoms. The summed E-state index contributed by atoms with van der Waals surface area (Å²) in [6.45, 7) is 1.14. The molecule has 0 unspecified atom stereocenters. The molecule has 2 heterocycles. The largest absolute Gasteiger partial charge is 0.381 e. The van der Waals surface area contributed by atoms with Gasteiger partial charge in [-0.2, -0.15) is 0 Å². The molecular formula is C28H32N4O2. The summed E-state index contributed by atoms with van der Waals surface area (Å²) in [6.07, 6.45) is 11.3. The Hall–Kier alpha value is -3.25. The van der Waals surface area contributed by atoms with Crippen LogP contribution in [0.2, 0.25) is 0 Å². The summed E-state index contributed by atoms with van der Waals surface area (Å²) in [5.41, 5.74) is 10.1. The number of nitrogens with zero attached hydrogens (tertiary/aromatic N) is 2. The van der Waals surface area contributed by atoms with E-state index in [1.165, 1.54) is 37.7 Å². The van der Waals surface area contributed by atoms with Crippen LogP contribution < -0.4 is 11.1 Å². The minimum absolute atomic E-state index is 0.0322. The first kappa shape index (κ1) is 22.5. The first-order chi connectivity index (χ1) is 16.6. The molecule has 1 aromatic heterocycles. The van der Waals surface area contributed by atoms with Crippen LogP contribution in [0.1, 0.15) is 62.0 Å². The summed E-state index contributed by atoms with van der Waals surface area (Å²) in [6, 6.07) is 16.6. The molecule has 1 aliphatic heterocycles. The molecule has 1 saturated heterocycles. The van der Waals surface area contributed by atoms with E-state index in [4.69, 9.17) is 10.5 Å². The van der Waals surface area contributed by atoms with E-state index in [1.54, 1.807) is 12.4 Å². The van der Waals surface area contributed by atoms with Gasteiger partial charge in [0.1, 0.15) is 0 Å². The van der Waals surface area contributed by atoms with E-state index in [9.17, 15) is 4.79 Å². The van der Waals surface area contributed by atoms with E-state index < -0.39 is 5.41 Å². The van der Waals surface area contributed by atoms with Crippen molar-refractivity contribution in [1.82, 2.24) is 9.97 Å². The molecule has 0 spiro atoms. The highest BCUT2D eigenvalue weighted by Crippen LogP contribution is 2.38. The van der Waals surface area contributed by atoms with E-state index in [0.29, 0.717) is 32.0 Å². The molecule has 1 amide bonds. The molecule has 5 rings (SSSR count). The van der Waals surface area contributed by atoms with Crippen LogP contribution in [-0.2, 0) is 14.9 Å². The summed E-state index contributed by atoms with van der Waals surface area (Å²) in [4.78, 5) is 21.8. The van der Waals surface area contributed by atoms with E-state index in [-0.39, 0.29) is 11.9 Å². The SMILES string of the molecule is Nc1ncc(-c2ccc(C3(C(=O)Nc4ccc(C5CCCCC5)cc4)CCOCC3)cc2)cn1. The van der Waals surface area contributed by atoms with Gasteiger partial charge < -0.3 is 15.8 Å². The Morgan fingerprint density at radius 2 is 1.53 bits per heavy atom. The monoisotopic (exact) mass is 456 g/mol. The van der Waals surface area contributed by atoms with Crippen molar-refractivity contribution >= 4 is 17.5 Å². The zero-order valence-electron chi connectivity index (χ0n) is 19.5. The number of hydrogen-bond acceptors (Lipinski definition) is 5. The van der Waals surface area contributed by atoms with Crippen molar-refractivity contribution < 1.29 is 9.53 Å². The molecular weight excluding hydrogens is 424 g/mol. The van der Waals surface area contributed by atoms with Gasteiger partial charge in [-0.15, -0.1) is 0 Å². The number of benzene rings is 2. The van der Waals surface area contributed by atoms with E-state index >= 15 is 0 Å². The number of rotatable bonds is 5. The van der Waals surface area contributed by atoms with Crippen LogP contribution in [0.5, 0.6) is 0 Å². The van der Waals surface area contributed by atoms with Crippen LogP contribution in [-0.4, -0.2) is 29.1 Å². The Morgan fingerprint density at radius 3 is 2.18 bits per heavy atom. The molecule has 2 aromatic carbocycles. The Kier molecular flexibility index (Phi) is 6.59. The molecule has 3 N–H and O–H groups in total. The molecule has 6 heteroatoms. The summed E-state index contributed by atoms with van der Waals surface area (Å²) in [7, 11) is 0. The normalized spacial score (nSPS) is 18.4. The van der Waals surface area contributed by atoms with Crippen LogP contribution in [0.3, 0.4) is 0 Å². The van der Waals surface area contributed by atoms with Gasteiger partial charge in [0.15, 0.2) is 0 Å². The van der Waals surface area contributed by atoms with Gasteiger partial charge in [-0.1, -0.05) is 55.7 Å². The number of nitrogens with one attached hydrogen (secondary N) is 1. The van der Waals surface area contributed by atoms with Crippen molar-refractivity contribution in [1.29, 1.82) is 0 Å². The van der Waals surface area contributed by atoms with Gasteiger partial charge in [-0.25, -0.2) is 9.97 Å². The quantitative estimate of drug-likeness (QED) is 0.532. The van der Waals surface area contributed by atoms with Crippen LogP contribution in [0.4, 0.5) is 11.6 Å². The first-order valence-electron chi connectivity index (χ1n) is 12.3. The van der Waals surface area contributed by atoms with Gasteiger partial charge in [0.25, 0.3) is 0 Å². The standard InChI is InChI=1S/C28H32N4O2/c29-27-30-18-23(19-31-27)22-6-10-24(11-7-22)28(14-16-34-17-15-28)26(33)32-25-12-8-21(9-13-25)20-4-2-1-3-5-20/h6-13,18-20H,1-5,14-17H2,(H,32,33)(H2,29,30,31). The van der Waals surface area contributed by atoms with Crippen molar-refractivity contribution in [3.05, 3.63) is 72.1 Å². The maximum atomic E-state index is 13.7. The molecule has 6 nitrogen and oxygen atoms in total. The first-order valence-corrected chi connectivity index (χ1v) is 12.3. The third kappa shape index (κ3) is 4.68. The molecule has 0 radical (unpaired) electrons. The highest BCUT2D eigenvalue weighted by atomic mass is 16.5. The topological polar surface area (TPSA) is 90.1 Å². The van der Waals surface area contributed by atoms with Gasteiger partial charge in [-0.05, 0) is 60.4 Å². The highest BCUT2D eigenvalue weighted by Gasteiger charge is 2.41. The lowest BCUT2D eigenvalue weighted by Crippen LogP contribution is -2.44. The van der Waals surface area contributed by atoms with Crippen LogP contribution >= 0.6 is 0 Å². The predicted molar refractivity (Wildman–Crippen MR) is 135 cm³/mol. The number of ether oxygens (including phenoxy) is 1. The lowest BCUT2D eigenvalue weighted by Gasteiger charge is -2.36. The number of anilines is 2. The Bertz CT molecular complexity index is 1100. The minimum Gasteiger partial charge on any atom is -0.381 e. The summed E-state index contributed by atoms with van der Waals surface area (Å²) >= 11 is 0. The van der Waals surface area contributed by atoms with Crippen LogP contribution in [0.25, 0.3) is 11.1 Å². The Morgan fingerprint density at radius 1 is 0.882 bits per heavy atom. The van der Waals surface area contributed by atoms with Gasteiger partial charge in [0.05, 0.1) is 5.41 Å². The van der Waals surface area contributed by atoms with Crippen molar-refractivity contribution in [3.63, 3.8) is 0 Å². The summed E-state index contributed by atoms with van der Waals surface area (Å²) in [5, 5.41) is 3.21. The van der Waals surface area contributed by atoms with Gasteiger partial charge >= 0.3 is 0 Å². The second-order valence-electron chi connectivity index (χ2n) is 9.51. The number of carbonyl (C=O) groups excluding carboxylic acids is 1. The Balaban J connectivity index is 1.35. The number of hydrogen-bond donors (Lipinski definition) is 2. The lowest BCUT2D eigenvalue weighted by molar-refractivity contribution is -0.125. The van der Waals surface area contributed by atoms with Crippen LogP contribution in [0, 0.1) is 0 Å². The zero-order chi connectivity index (χ0) is 23.4. The number of carbonyl (C=O) groups is 1. The van der Waals surface area contributed by atoms with Gasteiger partial charge in [0, 0.05) is 36.9 Å². The van der Waals surface area contributed by atoms with Crippen molar-refractivity contribution in [2.45, 2.75) is 56.3 Å². The average molecular weight is 457 g/mol.